The Morgan fingerprint density at radius 3 is 2.40 bits per heavy atom. The van der Waals surface area contributed by atoms with Gasteiger partial charge in [0.15, 0.2) is 0 Å². The van der Waals surface area contributed by atoms with Gasteiger partial charge >= 0.3 is 6.03 Å². The third-order valence-electron chi connectivity index (χ3n) is 5.37. The van der Waals surface area contributed by atoms with Crippen LogP contribution in [-0.4, -0.2) is 59.6 Å². The number of likely N-dealkylation sites (tertiary alicyclic amines) is 2. The standard InChI is InChI=1S/C20H30N4O/c1-16(2)15-23-11-7-19(8-12-23)22-20(25)24-13-5-18(6-14-24)17-3-9-21-10-4-17/h3-4,9-10,18-19H,1,5-8,11-15H2,2H3,(H,22,25). The predicted molar refractivity (Wildman–Crippen MR) is 101 cm³/mol. The molecular formula is C20H30N4O. The second-order valence-corrected chi connectivity index (χ2v) is 7.50. The SMILES string of the molecule is C=C(C)CN1CCC(NC(=O)N2CCC(c3ccncc3)CC2)CC1. The van der Waals surface area contributed by atoms with Gasteiger partial charge in [0.1, 0.15) is 0 Å². The van der Waals surface area contributed by atoms with E-state index in [1.807, 2.05) is 17.3 Å². The number of hydrogen-bond acceptors (Lipinski definition) is 3. The van der Waals surface area contributed by atoms with Crippen LogP contribution in [0.15, 0.2) is 36.7 Å². The Morgan fingerprint density at radius 1 is 1.16 bits per heavy atom. The summed E-state index contributed by atoms with van der Waals surface area (Å²) in [4.78, 5) is 21.0. The first-order valence-corrected chi connectivity index (χ1v) is 9.44. The number of rotatable bonds is 4. The molecule has 0 atom stereocenters. The van der Waals surface area contributed by atoms with Crippen LogP contribution < -0.4 is 5.32 Å². The van der Waals surface area contributed by atoms with E-state index < -0.39 is 0 Å². The highest BCUT2D eigenvalue weighted by Crippen LogP contribution is 2.27. The molecule has 0 aliphatic carbocycles. The summed E-state index contributed by atoms with van der Waals surface area (Å²) in [7, 11) is 0. The number of nitrogens with zero attached hydrogens (tertiary/aromatic N) is 3. The number of pyridine rings is 1. The minimum atomic E-state index is 0.117. The van der Waals surface area contributed by atoms with E-state index in [4.69, 9.17) is 0 Å². The van der Waals surface area contributed by atoms with Crippen molar-refractivity contribution in [1.29, 1.82) is 0 Å². The quantitative estimate of drug-likeness (QED) is 0.856. The number of urea groups is 1. The van der Waals surface area contributed by atoms with Crippen molar-refractivity contribution in [3.05, 3.63) is 42.2 Å². The second kappa shape index (κ2) is 8.48. The summed E-state index contributed by atoms with van der Waals surface area (Å²) in [5, 5.41) is 3.24. The van der Waals surface area contributed by atoms with Crippen LogP contribution in [-0.2, 0) is 0 Å². The number of nitrogens with one attached hydrogen (secondary N) is 1. The Balaban J connectivity index is 1.41. The fraction of sp³-hybridized carbons (Fsp3) is 0.600. The molecule has 5 nitrogen and oxygen atoms in total. The molecule has 0 saturated carbocycles. The number of carbonyl (C=O) groups is 1. The molecule has 3 heterocycles. The molecule has 2 aliphatic rings. The Kier molecular flexibility index (Phi) is 6.08. The van der Waals surface area contributed by atoms with Crippen LogP contribution >= 0.6 is 0 Å². The molecule has 0 radical (unpaired) electrons. The van der Waals surface area contributed by atoms with Gasteiger partial charge in [0, 0.05) is 51.2 Å². The topological polar surface area (TPSA) is 48.5 Å². The molecule has 136 valence electrons. The number of carbonyl (C=O) groups excluding carboxylic acids is 1. The van der Waals surface area contributed by atoms with Crippen molar-refractivity contribution in [1.82, 2.24) is 20.1 Å². The van der Waals surface area contributed by atoms with Crippen LogP contribution in [0.4, 0.5) is 4.79 Å². The Bertz CT molecular complexity index is 573. The fourth-order valence-electron chi connectivity index (χ4n) is 3.93. The van der Waals surface area contributed by atoms with Gasteiger partial charge in [-0.05, 0) is 56.2 Å². The van der Waals surface area contributed by atoms with Gasteiger partial charge in [-0.1, -0.05) is 12.2 Å². The summed E-state index contributed by atoms with van der Waals surface area (Å²) in [6.07, 6.45) is 7.85. The molecule has 2 amide bonds. The van der Waals surface area contributed by atoms with Crippen molar-refractivity contribution >= 4 is 6.03 Å². The summed E-state index contributed by atoms with van der Waals surface area (Å²) < 4.78 is 0. The van der Waals surface area contributed by atoms with Crippen LogP contribution in [0.5, 0.6) is 0 Å². The van der Waals surface area contributed by atoms with Gasteiger partial charge in [-0.25, -0.2) is 4.79 Å². The minimum absolute atomic E-state index is 0.117. The lowest BCUT2D eigenvalue weighted by Gasteiger charge is -2.36. The maximum absolute atomic E-state index is 12.5. The van der Waals surface area contributed by atoms with Crippen LogP contribution in [0.25, 0.3) is 0 Å². The first-order valence-electron chi connectivity index (χ1n) is 9.44. The lowest BCUT2D eigenvalue weighted by Crippen LogP contribution is -2.50. The smallest absolute Gasteiger partial charge is 0.317 e. The van der Waals surface area contributed by atoms with Gasteiger partial charge in [0.2, 0.25) is 0 Å². The third-order valence-corrected chi connectivity index (χ3v) is 5.37. The van der Waals surface area contributed by atoms with Gasteiger partial charge < -0.3 is 10.2 Å². The predicted octanol–water partition coefficient (Wildman–Crippen LogP) is 3.01. The van der Waals surface area contributed by atoms with Crippen LogP contribution in [0.2, 0.25) is 0 Å². The van der Waals surface area contributed by atoms with Crippen molar-refractivity contribution < 1.29 is 4.79 Å². The first kappa shape index (κ1) is 17.9. The summed E-state index contributed by atoms with van der Waals surface area (Å²) >= 11 is 0. The number of hydrogen-bond donors (Lipinski definition) is 1. The van der Waals surface area contributed by atoms with Crippen molar-refractivity contribution in [3.8, 4) is 0 Å². The average Bonchev–Trinajstić information content (AvgIpc) is 2.64. The second-order valence-electron chi connectivity index (χ2n) is 7.50. The van der Waals surface area contributed by atoms with E-state index >= 15 is 0 Å². The van der Waals surface area contributed by atoms with Gasteiger partial charge in [0.05, 0.1) is 0 Å². The largest absolute Gasteiger partial charge is 0.335 e. The van der Waals surface area contributed by atoms with Gasteiger partial charge in [-0.15, -0.1) is 0 Å². The number of amides is 2. The molecule has 5 heteroatoms. The van der Waals surface area contributed by atoms with Crippen molar-refractivity contribution in [2.24, 2.45) is 0 Å². The molecule has 0 spiro atoms. The molecule has 25 heavy (non-hydrogen) atoms. The van der Waals surface area contributed by atoms with E-state index in [-0.39, 0.29) is 6.03 Å². The van der Waals surface area contributed by atoms with Crippen LogP contribution in [0.1, 0.15) is 44.1 Å². The molecular weight excluding hydrogens is 312 g/mol. The molecule has 0 aromatic carbocycles. The van der Waals surface area contributed by atoms with E-state index in [2.05, 4.69) is 40.8 Å². The monoisotopic (exact) mass is 342 g/mol. The highest BCUT2D eigenvalue weighted by Gasteiger charge is 2.26. The van der Waals surface area contributed by atoms with E-state index in [1.165, 1.54) is 11.1 Å². The minimum Gasteiger partial charge on any atom is -0.335 e. The lowest BCUT2D eigenvalue weighted by atomic mass is 9.90. The zero-order chi connectivity index (χ0) is 17.6. The molecule has 2 fully saturated rings. The summed E-state index contributed by atoms with van der Waals surface area (Å²) in [6.45, 7) is 10.8. The highest BCUT2D eigenvalue weighted by atomic mass is 16.2. The van der Waals surface area contributed by atoms with Gasteiger partial charge in [-0.2, -0.15) is 0 Å². The molecule has 2 aliphatic heterocycles. The van der Waals surface area contributed by atoms with Crippen LogP contribution in [0, 0.1) is 0 Å². The van der Waals surface area contributed by atoms with Crippen molar-refractivity contribution in [2.45, 2.75) is 44.6 Å². The van der Waals surface area contributed by atoms with Crippen molar-refractivity contribution in [2.75, 3.05) is 32.7 Å². The summed E-state index contributed by atoms with van der Waals surface area (Å²) in [5.41, 5.74) is 2.56. The molecule has 1 aromatic rings. The fourth-order valence-corrected chi connectivity index (χ4v) is 3.93. The zero-order valence-corrected chi connectivity index (χ0v) is 15.3. The molecule has 1 aromatic heterocycles. The van der Waals surface area contributed by atoms with E-state index in [9.17, 15) is 4.79 Å². The number of aromatic nitrogens is 1. The number of piperidine rings is 2. The molecule has 3 rings (SSSR count). The Labute approximate surface area is 151 Å². The van der Waals surface area contributed by atoms with Crippen molar-refractivity contribution in [3.63, 3.8) is 0 Å². The Morgan fingerprint density at radius 2 is 1.80 bits per heavy atom. The van der Waals surface area contributed by atoms with Crippen LogP contribution in [0.3, 0.4) is 0 Å². The molecule has 2 saturated heterocycles. The highest BCUT2D eigenvalue weighted by molar-refractivity contribution is 5.74. The molecule has 0 bridgehead atoms. The van der Waals surface area contributed by atoms with E-state index in [0.717, 1.165) is 58.4 Å². The van der Waals surface area contributed by atoms with E-state index in [0.29, 0.717) is 12.0 Å². The average molecular weight is 342 g/mol. The molecule has 1 N–H and O–H groups in total. The third kappa shape index (κ3) is 5.05. The summed E-state index contributed by atoms with van der Waals surface area (Å²) in [5.74, 6) is 0.553. The van der Waals surface area contributed by atoms with Gasteiger partial charge in [0.25, 0.3) is 0 Å². The maximum atomic E-state index is 12.5. The lowest BCUT2D eigenvalue weighted by molar-refractivity contribution is 0.164. The molecule has 0 unspecified atom stereocenters. The first-order chi connectivity index (χ1) is 12.1. The normalized spacial score (nSPS) is 20.4. The van der Waals surface area contributed by atoms with Gasteiger partial charge in [-0.3, -0.25) is 9.88 Å². The Hall–Kier alpha value is -1.88. The van der Waals surface area contributed by atoms with E-state index in [1.54, 1.807) is 0 Å². The maximum Gasteiger partial charge on any atom is 0.317 e. The zero-order valence-electron chi connectivity index (χ0n) is 15.3. The summed E-state index contributed by atoms with van der Waals surface area (Å²) in [6, 6.07) is 4.62.